The average Bonchev–Trinajstić information content (AvgIpc) is 2.55. The van der Waals surface area contributed by atoms with E-state index in [1.807, 2.05) is 0 Å². The zero-order valence-corrected chi connectivity index (χ0v) is 7.63. The third kappa shape index (κ3) is 3.12. The van der Waals surface area contributed by atoms with Crippen molar-refractivity contribution in [2.24, 2.45) is 0 Å². The van der Waals surface area contributed by atoms with Crippen LogP contribution >= 0.6 is 0 Å². The first-order valence-corrected chi connectivity index (χ1v) is 4.36. The zero-order valence-electron chi connectivity index (χ0n) is 7.63. The molecule has 1 atom stereocenters. The van der Waals surface area contributed by atoms with Gasteiger partial charge in [-0.15, -0.1) is 0 Å². The Morgan fingerprint density at radius 2 is 2.38 bits per heavy atom. The normalized spacial score (nSPS) is 21.5. The highest BCUT2D eigenvalue weighted by Crippen LogP contribution is 2.06. The molecule has 0 aromatic carbocycles. The minimum atomic E-state index is -0.527. The van der Waals surface area contributed by atoms with E-state index in [-0.39, 0.29) is 12.6 Å². The van der Waals surface area contributed by atoms with E-state index in [4.69, 9.17) is 0 Å². The van der Waals surface area contributed by atoms with Gasteiger partial charge in [0.2, 0.25) is 0 Å². The van der Waals surface area contributed by atoms with Crippen molar-refractivity contribution < 1.29 is 14.3 Å². The molecule has 5 heteroatoms. The van der Waals surface area contributed by atoms with Gasteiger partial charge in [-0.1, -0.05) is 0 Å². The molecule has 74 valence electrons. The molecule has 2 N–H and O–H groups in total. The average molecular weight is 186 g/mol. The van der Waals surface area contributed by atoms with Crippen molar-refractivity contribution >= 4 is 11.9 Å². The van der Waals surface area contributed by atoms with E-state index < -0.39 is 11.9 Å². The number of esters is 2. The van der Waals surface area contributed by atoms with Gasteiger partial charge in [-0.2, -0.15) is 0 Å². The molecule has 0 radical (unpaired) electrons. The van der Waals surface area contributed by atoms with Crippen LogP contribution in [-0.4, -0.2) is 38.1 Å². The van der Waals surface area contributed by atoms with Gasteiger partial charge < -0.3 is 15.4 Å². The summed E-state index contributed by atoms with van der Waals surface area (Å²) in [6.07, 6.45) is 1.71. The van der Waals surface area contributed by atoms with E-state index in [9.17, 15) is 9.59 Å². The lowest BCUT2D eigenvalue weighted by molar-refractivity contribution is -0.160. The van der Waals surface area contributed by atoms with Crippen LogP contribution < -0.4 is 10.6 Å². The molecule has 0 aliphatic carbocycles. The summed E-state index contributed by atoms with van der Waals surface area (Å²) in [6.45, 7) is 0.887. The van der Waals surface area contributed by atoms with Gasteiger partial charge in [0.1, 0.15) is 6.04 Å². The summed E-state index contributed by atoms with van der Waals surface area (Å²) in [5.41, 5.74) is 0. The van der Waals surface area contributed by atoms with Gasteiger partial charge in [0.05, 0.1) is 6.54 Å². The molecule has 0 aromatic heterocycles. The van der Waals surface area contributed by atoms with Gasteiger partial charge in [-0.3, -0.25) is 4.79 Å². The first-order chi connectivity index (χ1) is 6.24. The number of rotatable bonds is 3. The van der Waals surface area contributed by atoms with E-state index in [0.29, 0.717) is 0 Å². The fourth-order valence-corrected chi connectivity index (χ4v) is 1.25. The van der Waals surface area contributed by atoms with Gasteiger partial charge in [0.15, 0.2) is 0 Å². The van der Waals surface area contributed by atoms with Gasteiger partial charge in [0, 0.05) is 0 Å². The van der Waals surface area contributed by atoms with Crippen molar-refractivity contribution in [2.45, 2.75) is 18.9 Å². The lowest BCUT2D eigenvalue weighted by Crippen LogP contribution is -2.35. The molecular formula is C8H14N2O3. The minimum Gasteiger partial charge on any atom is -0.391 e. The lowest BCUT2D eigenvalue weighted by Gasteiger charge is -2.07. The number of nitrogens with one attached hydrogen (secondary N) is 2. The molecule has 0 amide bonds. The number of likely N-dealkylation sites (N-methyl/N-ethyl adjacent to an activating group) is 1. The van der Waals surface area contributed by atoms with E-state index in [0.717, 1.165) is 19.4 Å². The maximum atomic E-state index is 11.2. The molecule has 1 aliphatic heterocycles. The smallest absolute Gasteiger partial charge is 0.330 e. The molecule has 0 aromatic rings. The standard InChI is InChI=1S/C8H14N2O3/c1-9-5-7(11)13-8(12)6-3-2-4-10-6/h6,9-10H,2-5H2,1H3/t6-/m0/s1. The first-order valence-electron chi connectivity index (χ1n) is 4.36. The maximum absolute atomic E-state index is 11.2. The topological polar surface area (TPSA) is 67.4 Å². The Bertz CT molecular complexity index is 200. The highest BCUT2D eigenvalue weighted by atomic mass is 16.6. The fraction of sp³-hybridized carbons (Fsp3) is 0.750. The molecule has 1 rings (SSSR count). The molecule has 1 aliphatic rings. The van der Waals surface area contributed by atoms with E-state index in [2.05, 4.69) is 15.4 Å². The molecule has 1 heterocycles. The molecule has 13 heavy (non-hydrogen) atoms. The fourth-order valence-electron chi connectivity index (χ4n) is 1.25. The van der Waals surface area contributed by atoms with Crippen LogP contribution in [0.2, 0.25) is 0 Å². The third-order valence-corrected chi connectivity index (χ3v) is 1.88. The first kappa shape index (κ1) is 10.1. The van der Waals surface area contributed by atoms with Gasteiger partial charge >= 0.3 is 11.9 Å². The predicted molar refractivity (Wildman–Crippen MR) is 46.1 cm³/mol. The molecular weight excluding hydrogens is 172 g/mol. The van der Waals surface area contributed by atoms with Crippen molar-refractivity contribution in [2.75, 3.05) is 20.1 Å². The molecule has 0 spiro atoms. The van der Waals surface area contributed by atoms with E-state index >= 15 is 0 Å². The Morgan fingerprint density at radius 3 is 2.92 bits per heavy atom. The summed E-state index contributed by atoms with van der Waals surface area (Å²) in [7, 11) is 1.62. The SMILES string of the molecule is CNCC(=O)OC(=O)[C@@H]1CCCN1. The summed E-state index contributed by atoms with van der Waals surface area (Å²) in [6, 6.07) is -0.291. The van der Waals surface area contributed by atoms with Crippen molar-refractivity contribution in [3.63, 3.8) is 0 Å². The maximum Gasteiger partial charge on any atom is 0.330 e. The lowest BCUT2D eigenvalue weighted by atomic mass is 10.2. The Morgan fingerprint density at radius 1 is 1.62 bits per heavy atom. The van der Waals surface area contributed by atoms with E-state index in [1.54, 1.807) is 7.05 Å². The number of hydrogen-bond acceptors (Lipinski definition) is 5. The molecule has 1 saturated heterocycles. The third-order valence-electron chi connectivity index (χ3n) is 1.88. The highest BCUT2D eigenvalue weighted by Gasteiger charge is 2.25. The van der Waals surface area contributed by atoms with Crippen molar-refractivity contribution in [3.05, 3.63) is 0 Å². The summed E-state index contributed by atoms with van der Waals surface area (Å²) >= 11 is 0. The predicted octanol–water partition coefficient (Wildman–Crippen LogP) is -0.972. The van der Waals surface area contributed by atoms with E-state index in [1.165, 1.54) is 0 Å². The van der Waals surface area contributed by atoms with Gasteiger partial charge in [-0.25, -0.2) is 4.79 Å². The van der Waals surface area contributed by atoms with Crippen LogP contribution in [0.15, 0.2) is 0 Å². The van der Waals surface area contributed by atoms with Crippen LogP contribution in [0.25, 0.3) is 0 Å². The minimum absolute atomic E-state index is 0.0679. The van der Waals surface area contributed by atoms with Crippen LogP contribution in [0.3, 0.4) is 0 Å². The van der Waals surface area contributed by atoms with Crippen molar-refractivity contribution in [1.82, 2.24) is 10.6 Å². The number of hydrogen-bond donors (Lipinski definition) is 2. The molecule has 0 bridgehead atoms. The Hall–Kier alpha value is -0.940. The zero-order chi connectivity index (χ0) is 9.68. The summed E-state index contributed by atoms with van der Waals surface area (Å²) in [4.78, 5) is 22.1. The quantitative estimate of drug-likeness (QED) is 0.438. The molecule has 5 nitrogen and oxygen atoms in total. The molecule has 0 unspecified atom stereocenters. The number of carbonyl (C=O) groups excluding carboxylic acids is 2. The Balaban J connectivity index is 2.27. The second-order valence-electron chi connectivity index (χ2n) is 2.97. The van der Waals surface area contributed by atoms with Gasteiger partial charge in [0.25, 0.3) is 0 Å². The van der Waals surface area contributed by atoms with Crippen LogP contribution in [0.5, 0.6) is 0 Å². The number of carbonyl (C=O) groups is 2. The highest BCUT2D eigenvalue weighted by molar-refractivity contribution is 5.89. The summed E-state index contributed by atoms with van der Waals surface area (Å²) in [5.74, 6) is -0.987. The summed E-state index contributed by atoms with van der Waals surface area (Å²) in [5, 5.41) is 5.57. The van der Waals surface area contributed by atoms with Crippen LogP contribution in [0.1, 0.15) is 12.8 Å². The van der Waals surface area contributed by atoms with Crippen LogP contribution in [-0.2, 0) is 14.3 Å². The van der Waals surface area contributed by atoms with Gasteiger partial charge in [-0.05, 0) is 26.4 Å². The van der Waals surface area contributed by atoms with Crippen LogP contribution in [0.4, 0.5) is 0 Å². The Kier molecular flexibility index (Phi) is 3.85. The van der Waals surface area contributed by atoms with Crippen LogP contribution in [0, 0.1) is 0 Å². The number of ether oxygens (including phenoxy) is 1. The monoisotopic (exact) mass is 186 g/mol. The Labute approximate surface area is 76.8 Å². The second-order valence-corrected chi connectivity index (χ2v) is 2.97. The molecule has 1 fully saturated rings. The summed E-state index contributed by atoms with van der Waals surface area (Å²) < 4.78 is 4.57. The largest absolute Gasteiger partial charge is 0.391 e. The van der Waals surface area contributed by atoms with Crippen molar-refractivity contribution in [1.29, 1.82) is 0 Å². The second kappa shape index (κ2) is 4.94. The molecule has 0 saturated carbocycles. The van der Waals surface area contributed by atoms with Crippen molar-refractivity contribution in [3.8, 4) is 0 Å².